The van der Waals surface area contributed by atoms with Gasteiger partial charge in [-0.2, -0.15) is 0 Å². The molecular weight excluding hydrogens is 290 g/mol. The molecule has 0 aliphatic carbocycles. The monoisotopic (exact) mass is 325 g/mol. The molecule has 0 fully saturated rings. The number of hydrogen-bond acceptors (Lipinski definition) is 3. The Morgan fingerprint density at radius 2 is 1.52 bits per heavy atom. The fraction of sp³-hybridized carbons (Fsp3) is 1.00. The second-order valence-electron chi connectivity index (χ2n) is 5.26. The lowest BCUT2D eigenvalue weighted by Crippen LogP contribution is -2.56. The fourth-order valence-electron chi connectivity index (χ4n) is 2.10. The van der Waals surface area contributed by atoms with Crippen LogP contribution in [0.1, 0.15) is 78.1 Å². The summed E-state index contributed by atoms with van der Waals surface area (Å²) in [5, 5.41) is 0. The van der Waals surface area contributed by atoms with Gasteiger partial charge in [-0.25, -0.2) is 4.21 Å². The summed E-state index contributed by atoms with van der Waals surface area (Å²) < 4.78 is 29.8. The standard InChI is InChI=1S/C15H33NO.H2O3S/c1-3-5-6-7-8-9-10-11-12-15(14-16)17-13-4-2;1-4(2)3/h15H,3-14,16H2,1-2H3;(H2,1,2,3). The molecule has 5 nitrogen and oxygen atoms in total. The van der Waals surface area contributed by atoms with Gasteiger partial charge >= 0.3 is 0 Å². The topological polar surface area (TPSA) is 97.2 Å². The molecule has 0 aromatic carbocycles. The summed E-state index contributed by atoms with van der Waals surface area (Å²) >= 11 is -2.86. The summed E-state index contributed by atoms with van der Waals surface area (Å²) in [6.07, 6.45) is 13.9. The van der Waals surface area contributed by atoms with E-state index in [-0.39, 0.29) is 0 Å². The molecule has 0 rings (SSSR count). The van der Waals surface area contributed by atoms with Crippen LogP contribution in [0.25, 0.3) is 0 Å². The van der Waals surface area contributed by atoms with Crippen LogP contribution in [0.2, 0.25) is 0 Å². The predicted octanol–water partition coefficient (Wildman–Crippen LogP) is 2.89. The van der Waals surface area contributed by atoms with Gasteiger partial charge in [-0.3, -0.25) is 0 Å². The summed E-state index contributed by atoms with van der Waals surface area (Å²) in [4.78, 5) is 0. The molecule has 0 saturated carbocycles. The highest BCUT2D eigenvalue weighted by atomic mass is 32.2. The second kappa shape index (κ2) is 20.0. The average molecular weight is 326 g/mol. The van der Waals surface area contributed by atoms with Crippen molar-refractivity contribution in [2.75, 3.05) is 13.2 Å². The van der Waals surface area contributed by atoms with E-state index in [4.69, 9.17) is 18.1 Å². The van der Waals surface area contributed by atoms with E-state index in [0.29, 0.717) is 6.10 Å². The molecule has 130 valence electrons. The van der Waals surface area contributed by atoms with E-state index in [9.17, 15) is 0 Å². The van der Waals surface area contributed by atoms with Crippen molar-refractivity contribution >= 4 is 11.4 Å². The smallest absolute Gasteiger partial charge is 0.106 e. The zero-order valence-electron chi connectivity index (χ0n) is 13.8. The third kappa shape index (κ3) is 25.3. The first-order chi connectivity index (χ1) is 10.1. The van der Waals surface area contributed by atoms with Gasteiger partial charge in [0.15, 0.2) is 0 Å². The van der Waals surface area contributed by atoms with Crippen molar-refractivity contribution in [3.63, 3.8) is 0 Å². The van der Waals surface area contributed by atoms with Crippen LogP contribution in [-0.4, -0.2) is 32.6 Å². The zero-order chi connectivity index (χ0) is 16.3. The molecule has 0 radical (unpaired) electrons. The van der Waals surface area contributed by atoms with E-state index in [0.717, 1.165) is 19.6 Å². The molecule has 0 amide bonds. The Hall–Kier alpha value is -0.0100. The van der Waals surface area contributed by atoms with E-state index < -0.39 is 11.4 Å². The minimum Gasteiger partial charge on any atom is -0.750 e. The van der Waals surface area contributed by atoms with Crippen LogP contribution in [0.15, 0.2) is 0 Å². The van der Waals surface area contributed by atoms with Gasteiger partial charge in [-0.1, -0.05) is 65.2 Å². The van der Waals surface area contributed by atoms with E-state index in [1.165, 1.54) is 57.8 Å². The van der Waals surface area contributed by atoms with Crippen molar-refractivity contribution in [3.05, 3.63) is 0 Å². The van der Waals surface area contributed by atoms with E-state index in [2.05, 4.69) is 19.6 Å². The molecule has 2 atom stereocenters. The largest absolute Gasteiger partial charge is 0.750 e. The molecule has 2 unspecified atom stereocenters. The van der Waals surface area contributed by atoms with Gasteiger partial charge in [0.1, 0.15) is 12.6 Å². The molecule has 0 aliphatic heterocycles. The van der Waals surface area contributed by atoms with Crippen molar-refractivity contribution in [3.8, 4) is 0 Å². The molecule has 6 heteroatoms. The van der Waals surface area contributed by atoms with Crippen LogP contribution in [-0.2, 0) is 16.1 Å². The first-order valence-electron chi connectivity index (χ1n) is 8.27. The van der Waals surface area contributed by atoms with Gasteiger partial charge in [0.25, 0.3) is 0 Å². The average Bonchev–Trinajstić information content (AvgIpc) is 2.44. The van der Waals surface area contributed by atoms with E-state index in [1.807, 2.05) is 0 Å². The summed E-state index contributed by atoms with van der Waals surface area (Å²) in [6, 6.07) is 0. The lowest BCUT2D eigenvalue weighted by molar-refractivity contribution is -0.386. The predicted molar refractivity (Wildman–Crippen MR) is 86.6 cm³/mol. The molecule has 0 saturated heterocycles. The Labute approximate surface area is 133 Å². The highest BCUT2D eigenvalue weighted by Gasteiger charge is 2.07. The van der Waals surface area contributed by atoms with Crippen LogP contribution in [0.5, 0.6) is 0 Å². The maximum Gasteiger partial charge on any atom is 0.106 e. The summed E-state index contributed by atoms with van der Waals surface area (Å²) in [5.74, 6) is 0. The summed E-state index contributed by atoms with van der Waals surface area (Å²) in [6.45, 7) is 6.26. The van der Waals surface area contributed by atoms with Gasteiger partial charge < -0.3 is 19.6 Å². The first kappa shape index (κ1) is 23.3. The quantitative estimate of drug-likeness (QED) is 0.402. The van der Waals surface area contributed by atoms with Gasteiger partial charge in [-0.05, 0) is 12.8 Å². The van der Waals surface area contributed by atoms with Crippen LogP contribution >= 0.6 is 0 Å². The maximum absolute atomic E-state index is 8.56. The fourth-order valence-corrected chi connectivity index (χ4v) is 2.10. The first-order valence-corrected chi connectivity index (χ1v) is 9.30. The van der Waals surface area contributed by atoms with Crippen LogP contribution in [0.4, 0.5) is 0 Å². The number of ether oxygens (including phenoxy) is 1. The van der Waals surface area contributed by atoms with Crippen LogP contribution in [0, 0.1) is 0 Å². The van der Waals surface area contributed by atoms with Gasteiger partial charge in [0.2, 0.25) is 0 Å². The summed E-state index contributed by atoms with van der Waals surface area (Å²) in [7, 11) is 0. The molecule has 0 aliphatic rings. The van der Waals surface area contributed by atoms with Crippen molar-refractivity contribution in [1.82, 2.24) is 0 Å². The molecular formula is C15H35NO4S. The van der Waals surface area contributed by atoms with E-state index >= 15 is 0 Å². The minimum absolute atomic E-state index is 0.412. The Morgan fingerprint density at radius 1 is 1.05 bits per heavy atom. The SMILES string of the molecule is CCCCCCCCCCC(C[NH3+])OCCC.O=S([O-])O. The normalized spacial score (nSPS) is 13.4. The second-order valence-corrected chi connectivity index (χ2v) is 5.70. The third-order valence-electron chi connectivity index (χ3n) is 3.26. The van der Waals surface area contributed by atoms with Crippen molar-refractivity contribution in [2.45, 2.75) is 84.2 Å². The molecule has 0 bridgehead atoms. The highest BCUT2D eigenvalue weighted by molar-refractivity contribution is 7.73. The Bertz CT molecular complexity index is 214. The van der Waals surface area contributed by atoms with Crippen molar-refractivity contribution < 1.29 is 23.8 Å². The Balaban J connectivity index is 0. The molecule has 0 spiro atoms. The van der Waals surface area contributed by atoms with E-state index in [1.54, 1.807) is 0 Å². The number of quaternary nitrogens is 1. The third-order valence-corrected chi connectivity index (χ3v) is 3.26. The van der Waals surface area contributed by atoms with Crippen LogP contribution < -0.4 is 5.73 Å². The zero-order valence-corrected chi connectivity index (χ0v) is 14.7. The van der Waals surface area contributed by atoms with Crippen molar-refractivity contribution in [2.24, 2.45) is 0 Å². The molecule has 21 heavy (non-hydrogen) atoms. The Kier molecular flexibility index (Phi) is 22.1. The number of rotatable bonds is 13. The van der Waals surface area contributed by atoms with Gasteiger partial charge in [0, 0.05) is 6.61 Å². The molecule has 4 N–H and O–H groups in total. The molecule has 0 aromatic rings. The lowest BCUT2D eigenvalue weighted by Gasteiger charge is -2.13. The van der Waals surface area contributed by atoms with Crippen LogP contribution in [0.3, 0.4) is 0 Å². The minimum atomic E-state index is -2.86. The summed E-state index contributed by atoms with van der Waals surface area (Å²) in [5.41, 5.74) is 3.96. The van der Waals surface area contributed by atoms with Gasteiger partial charge in [0.05, 0.1) is 11.4 Å². The van der Waals surface area contributed by atoms with Crippen molar-refractivity contribution in [1.29, 1.82) is 0 Å². The van der Waals surface area contributed by atoms with Gasteiger partial charge in [-0.15, -0.1) is 0 Å². The Morgan fingerprint density at radius 3 is 1.95 bits per heavy atom. The maximum atomic E-state index is 8.56. The lowest BCUT2D eigenvalue weighted by atomic mass is 10.1. The molecule has 0 aromatic heterocycles. The highest BCUT2D eigenvalue weighted by Crippen LogP contribution is 2.11. The number of unbranched alkanes of at least 4 members (excludes halogenated alkanes) is 7. The number of hydrogen-bond donors (Lipinski definition) is 2. The molecule has 0 heterocycles.